The molecule has 1 fully saturated rings. The Kier molecular flexibility index (Phi) is 1.23. The molecule has 2 aliphatic rings. The minimum atomic E-state index is 0.669. The highest BCUT2D eigenvalue weighted by Gasteiger charge is 2.36. The predicted molar refractivity (Wildman–Crippen MR) is 44.8 cm³/mol. The molecule has 0 radical (unpaired) electrons. The van der Waals surface area contributed by atoms with Crippen molar-refractivity contribution in [3.05, 3.63) is 23.8 Å². The Balaban J connectivity index is 2.09. The molecule has 1 aromatic heterocycles. The van der Waals surface area contributed by atoms with Gasteiger partial charge in [-0.1, -0.05) is 0 Å². The maximum atomic E-state index is 4.35. The maximum Gasteiger partial charge on any atom is 0.115 e. The van der Waals surface area contributed by atoms with Crippen LogP contribution in [0.3, 0.4) is 0 Å². The van der Waals surface area contributed by atoms with Gasteiger partial charge in [0.2, 0.25) is 0 Å². The van der Waals surface area contributed by atoms with Crippen molar-refractivity contribution < 1.29 is 0 Å². The highest BCUT2D eigenvalue weighted by molar-refractivity contribution is 5.29. The molecule has 1 aromatic rings. The lowest BCUT2D eigenvalue weighted by Crippen LogP contribution is -2.10. The molecule has 1 aliphatic heterocycles. The average Bonchev–Trinajstić information content (AvgIpc) is 2.62. The van der Waals surface area contributed by atoms with Crippen LogP contribution >= 0.6 is 0 Å². The van der Waals surface area contributed by atoms with Crippen LogP contribution in [0.15, 0.2) is 12.5 Å². The van der Waals surface area contributed by atoms with Gasteiger partial charge in [0.25, 0.3) is 0 Å². The summed E-state index contributed by atoms with van der Waals surface area (Å²) in [5, 5.41) is 3.40. The first kappa shape index (κ1) is 6.54. The molecule has 0 unspecified atom stereocenters. The third kappa shape index (κ3) is 0.743. The van der Waals surface area contributed by atoms with E-state index < -0.39 is 0 Å². The molecule has 62 valence electrons. The number of aromatic nitrogens is 2. The van der Waals surface area contributed by atoms with Crippen molar-refractivity contribution in [1.82, 2.24) is 15.3 Å². The summed E-state index contributed by atoms with van der Waals surface area (Å²) in [6, 6.07) is 0. The SMILES string of the molecule is c1ncc2c(n1)[C@H]1CNC[C@H]1C2. The number of fused-ring (bicyclic) bond motifs is 3. The fraction of sp³-hybridized carbons (Fsp3) is 0.556. The molecule has 0 bridgehead atoms. The van der Waals surface area contributed by atoms with Gasteiger partial charge in [-0.25, -0.2) is 9.97 Å². The van der Waals surface area contributed by atoms with Crippen LogP contribution in [0.1, 0.15) is 17.2 Å². The van der Waals surface area contributed by atoms with E-state index in [0.717, 1.165) is 19.0 Å². The Morgan fingerprint density at radius 3 is 3.42 bits per heavy atom. The average molecular weight is 161 g/mol. The lowest BCUT2D eigenvalue weighted by atomic mass is 9.99. The molecule has 3 rings (SSSR count). The monoisotopic (exact) mass is 161 g/mol. The Morgan fingerprint density at radius 1 is 1.42 bits per heavy atom. The van der Waals surface area contributed by atoms with Crippen molar-refractivity contribution in [2.45, 2.75) is 12.3 Å². The van der Waals surface area contributed by atoms with E-state index >= 15 is 0 Å². The van der Waals surface area contributed by atoms with Gasteiger partial charge in [-0.15, -0.1) is 0 Å². The molecule has 3 heteroatoms. The van der Waals surface area contributed by atoms with Crippen molar-refractivity contribution in [2.75, 3.05) is 13.1 Å². The number of hydrogen-bond donors (Lipinski definition) is 1. The summed E-state index contributed by atoms with van der Waals surface area (Å²) in [5.74, 6) is 1.46. The van der Waals surface area contributed by atoms with E-state index in [1.165, 1.54) is 17.7 Å². The Bertz CT molecular complexity index is 310. The van der Waals surface area contributed by atoms with E-state index in [9.17, 15) is 0 Å². The summed E-state index contributed by atoms with van der Waals surface area (Å²) in [6.45, 7) is 2.26. The van der Waals surface area contributed by atoms with E-state index in [-0.39, 0.29) is 0 Å². The van der Waals surface area contributed by atoms with Crippen molar-refractivity contribution >= 4 is 0 Å². The van der Waals surface area contributed by atoms with E-state index in [1.807, 2.05) is 6.20 Å². The lowest BCUT2D eigenvalue weighted by Gasteiger charge is -2.05. The number of rotatable bonds is 0. The van der Waals surface area contributed by atoms with E-state index in [1.54, 1.807) is 6.33 Å². The van der Waals surface area contributed by atoms with Crippen LogP contribution in [0, 0.1) is 5.92 Å². The Morgan fingerprint density at radius 2 is 2.42 bits per heavy atom. The molecule has 0 aromatic carbocycles. The number of nitrogens with zero attached hydrogens (tertiary/aromatic N) is 2. The standard InChI is InChI=1S/C9H11N3/c1-6-2-10-4-8(6)9-7(1)3-11-5-12-9/h3,5-6,8,10H,1-2,4H2/t6-,8+/m1/s1. The first-order chi connectivity index (χ1) is 5.95. The van der Waals surface area contributed by atoms with Gasteiger partial charge in [0, 0.05) is 18.7 Å². The summed E-state index contributed by atoms with van der Waals surface area (Å²) in [7, 11) is 0. The van der Waals surface area contributed by atoms with E-state index in [2.05, 4.69) is 15.3 Å². The zero-order valence-electron chi connectivity index (χ0n) is 6.83. The first-order valence-electron chi connectivity index (χ1n) is 4.44. The summed E-state index contributed by atoms with van der Waals surface area (Å²) >= 11 is 0. The van der Waals surface area contributed by atoms with Crippen molar-refractivity contribution in [3.8, 4) is 0 Å². The molecule has 12 heavy (non-hydrogen) atoms. The zero-order chi connectivity index (χ0) is 7.97. The predicted octanol–water partition coefficient (Wildman–Crippen LogP) is 0.336. The molecule has 0 amide bonds. The van der Waals surface area contributed by atoms with Crippen molar-refractivity contribution in [2.24, 2.45) is 5.92 Å². The van der Waals surface area contributed by atoms with Crippen molar-refractivity contribution in [3.63, 3.8) is 0 Å². The molecule has 1 N–H and O–H groups in total. The number of hydrogen-bond acceptors (Lipinski definition) is 3. The number of nitrogens with one attached hydrogen (secondary N) is 1. The fourth-order valence-electron chi connectivity index (χ4n) is 2.41. The van der Waals surface area contributed by atoms with Crippen LogP contribution in [-0.2, 0) is 6.42 Å². The van der Waals surface area contributed by atoms with Gasteiger partial charge in [0.15, 0.2) is 0 Å². The van der Waals surface area contributed by atoms with Gasteiger partial charge in [0.05, 0.1) is 5.69 Å². The van der Waals surface area contributed by atoms with Gasteiger partial charge in [-0.2, -0.15) is 0 Å². The first-order valence-corrected chi connectivity index (χ1v) is 4.44. The normalized spacial score (nSPS) is 31.7. The van der Waals surface area contributed by atoms with Crippen LogP contribution < -0.4 is 5.32 Å². The van der Waals surface area contributed by atoms with Gasteiger partial charge in [-0.3, -0.25) is 0 Å². The molecule has 3 nitrogen and oxygen atoms in total. The minimum Gasteiger partial charge on any atom is -0.316 e. The van der Waals surface area contributed by atoms with Crippen LogP contribution in [0.4, 0.5) is 0 Å². The fourth-order valence-corrected chi connectivity index (χ4v) is 2.41. The van der Waals surface area contributed by atoms with E-state index in [4.69, 9.17) is 0 Å². The lowest BCUT2D eigenvalue weighted by molar-refractivity contribution is 0.559. The molecule has 0 saturated carbocycles. The quantitative estimate of drug-likeness (QED) is 0.596. The second-order valence-electron chi connectivity index (χ2n) is 3.66. The largest absolute Gasteiger partial charge is 0.316 e. The summed E-state index contributed by atoms with van der Waals surface area (Å²) in [6.07, 6.45) is 4.81. The topological polar surface area (TPSA) is 37.8 Å². The molecule has 2 heterocycles. The summed E-state index contributed by atoms with van der Waals surface area (Å²) < 4.78 is 0. The minimum absolute atomic E-state index is 0.669. The Hall–Kier alpha value is -0.960. The second-order valence-corrected chi connectivity index (χ2v) is 3.66. The van der Waals surface area contributed by atoms with Crippen LogP contribution in [-0.4, -0.2) is 23.1 Å². The smallest absolute Gasteiger partial charge is 0.115 e. The van der Waals surface area contributed by atoms with Crippen LogP contribution in [0.5, 0.6) is 0 Å². The van der Waals surface area contributed by atoms with Crippen LogP contribution in [0.25, 0.3) is 0 Å². The molecule has 2 atom stereocenters. The summed E-state index contributed by atoms with van der Waals surface area (Å²) in [5.41, 5.74) is 2.66. The summed E-state index contributed by atoms with van der Waals surface area (Å²) in [4.78, 5) is 8.40. The molecular weight excluding hydrogens is 150 g/mol. The molecule has 1 saturated heterocycles. The highest BCUT2D eigenvalue weighted by Crippen LogP contribution is 2.37. The molecule has 0 spiro atoms. The third-order valence-electron chi connectivity index (χ3n) is 3.00. The van der Waals surface area contributed by atoms with Crippen molar-refractivity contribution in [1.29, 1.82) is 0 Å². The van der Waals surface area contributed by atoms with Gasteiger partial charge in [0.1, 0.15) is 6.33 Å². The van der Waals surface area contributed by atoms with Crippen LogP contribution in [0.2, 0.25) is 0 Å². The Labute approximate surface area is 71.2 Å². The van der Waals surface area contributed by atoms with Gasteiger partial charge >= 0.3 is 0 Å². The maximum absolute atomic E-state index is 4.35. The second kappa shape index (κ2) is 2.26. The van der Waals surface area contributed by atoms with Gasteiger partial charge < -0.3 is 5.32 Å². The third-order valence-corrected chi connectivity index (χ3v) is 3.00. The van der Waals surface area contributed by atoms with Gasteiger partial charge in [-0.05, 0) is 24.4 Å². The highest BCUT2D eigenvalue weighted by atomic mass is 14.9. The molecule has 1 aliphatic carbocycles. The zero-order valence-corrected chi connectivity index (χ0v) is 6.83. The molecular formula is C9H11N3. The van der Waals surface area contributed by atoms with E-state index in [0.29, 0.717) is 5.92 Å².